The zero-order valence-corrected chi connectivity index (χ0v) is 9.73. The minimum absolute atomic E-state index is 0.188. The van der Waals surface area contributed by atoms with E-state index >= 15 is 0 Å². The average molecular weight is 221 g/mol. The summed E-state index contributed by atoms with van der Waals surface area (Å²) in [5, 5.41) is 0. The van der Waals surface area contributed by atoms with E-state index in [1.54, 1.807) is 19.1 Å². The number of benzene rings is 1. The van der Waals surface area contributed by atoms with Gasteiger partial charge in [0.05, 0.1) is 12.5 Å². The van der Waals surface area contributed by atoms with Crippen molar-refractivity contribution in [1.29, 1.82) is 0 Å². The van der Waals surface area contributed by atoms with Crippen LogP contribution in [-0.4, -0.2) is 19.2 Å². The largest absolute Gasteiger partial charge is 0.493 e. The van der Waals surface area contributed by atoms with Crippen molar-refractivity contribution in [3.63, 3.8) is 0 Å². The van der Waals surface area contributed by atoms with E-state index in [0.717, 1.165) is 12.2 Å². The second-order valence-electron chi connectivity index (χ2n) is 3.40. The molecule has 1 aromatic carbocycles. The smallest absolute Gasteiger partial charge is 0.312 e. The molecule has 0 aliphatic rings. The summed E-state index contributed by atoms with van der Waals surface area (Å²) in [6.45, 7) is 4.53. The van der Waals surface area contributed by atoms with Crippen molar-refractivity contribution in [2.75, 3.05) is 13.2 Å². The Kier molecular flexibility index (Phi) is 5.40. The van der Waals surface area contributed by atoms with Crippen molar-refractivity contribution < 1.29 is 14.3 Å². The average Bonchev–Trinajstić information content (AvgIpc) is 2.31. The van der Waals surface area contributed by atoms with Crippen LogP contribution < -0.4 is 4.74 Å². The second-order valence-corrected chi connectivity index (χ2v) is 3.40. The van der Waals surface area contributed by atoms with Gasteiger partial charge in [0.25, 0.3) is 0 Å². The summed E-state index contributed by atoms with van der Waals surface area (Å²) >= 11 is 0. The lowest BCUT2D eigenvalue weighted by molar-refractivity contribution is -0.149. The van der Waals surface area contributed by atoms with Crippen molar-refractivity contribution in [2.45, 2.75) is 20.3 Å². The van der Waals surface area contributed by atoms with Crippen molar-refractivity contribution in [2.24, 2.45) is 5.92 Å². The monoisotopic (exact) mass is 221 g/mol. The fourth-order valence-corrected chi connectivity index (χ4v) is 1.28. The van der Waals surface area contributed by atoms with Gasteiger partial charge in [-0.25, -0.2) is 0 Å². The van der Waals surface area contributed by atoms with Crippen LogP contribution in [0, 0.1) is 12.0 Å². The lowest BCUT2D eigenvalue weighted by atomic mass is 10.1. The predicted molar refractivity (Wildman–Crippen MR) is 61.2 cm³/mol. The third kappa shape index (κ3) is 3.93. The maximum Gasteiger partial charge on any atom is 0.312 e. The third-order valence-corrected chi connectivity index (χ3v) is 2.25. The number of esters is 1. The molecular weight excluding hydrogens is 204 g/mol. The van der Waals surface area contributed by atoms with Gasteiger partial charge >= 0.3 is 5.97 Å². The van der Waals surface area contributed by atoms with E-state index in [-0.39, 0.29) is 11.9 Å². The molecule has 0 aliphatic heterocycles. The Morgan fingerprint density at radius 1 is 1.38 bits per heavy atom. The summed E-state index contributed by atoms with van der Waals surface area (Å²) in [7, 11) is 0. The third-order valence-electron chi connectivity index (χ3n) is 2.25. The van der Waals surface area contributed by atoms with Crippen molar-refractivity contribution in [3.8, 4) is 5.75 Å². The lowest BCUT2D eigenvalue weighted by Gasteiger charge is -2.14. The first-order chi connectivity index (χ1) is 7.77. The summed E-state index contributed by atoms with van der Waals surface area (Å²) in [6, 6.07) is 10.1. The van der Waals surface area contributed by atoms with Crippen LogP contribution in [0.2, 0.25) is 0 Å². The van der Waals surface area contributed by atoms with E-state index in [9.17, 15) is 4.79 Å². The molecule has 0 bridgehead atoms. The zero-order valence-electron chi connectivity index (χ0n) is 9.73. The van der Waals surface area contributed by atoms with Crippen LogP contribution in [0.5, 0.6) is 5.75 Å². The van der Waals surface area contributed by atoms with Gasteiger partial charge in [0.2, 0.25) is 0 Å². The summed E-state index contributed by atoms with van der Waals surface area (Å²) < 4.78 is 10.5. The van der Waals surface area contributed by atoms with Crippen LogP contribution in [0.15, 0.2) is 24.3 Å². The molecule has 1 atom stereocenters. The molecule has 0 spiro atoms. The number of rotatable bonds is 6. The Balaban J connectivity index is 2.43. The first-order valence-corrected chi connectivity index (χ1v) is 5.53. The fraction of sp³-hybridized carbons (Fsp3) is 0.462. The summed E-state index contributed by atoms with van der Waals surface area (Å²) in [5.41, 5.74) is 0. The number of hydrogen-bond donors (Lipinski definition) is 0. The Hall–Kier alpha value is -1.51. The van der Waals surface area contributed by atoms with E-state index in [1.165, 1.54) is 0 Å². The van der Waals surface area contributed by atoms with E-state index in [2.05, 4.69) is 6.07 Å². The molecular formula is C13H17O3. The molecule has 0 saturated heterocycles. The molecule has 0 fully saturated rings. The molecule has 0 aromatic heterocycles. The van der Waals surface area contributed by atoms with Crippen molar-refractivity contribution in [1.82, 2.24) is 0 Å². The standard InChI is InChI=1S/C13H17O3/c1-3-11(13(14)15-4-2)10-16-12-8-6-5-7-9-12/h6-9,11H,3-4,10H2,1-2H3. The first-order valence-electron chi connectivity index (χ1n) is 5.53. The van der Waals surface area contributed by atoms with E-state index in [0.29, 0.717) is 13.2 Å². The van der Waals surface area contributed by atoms with Gasteiger partial charge in [0.15, 0.2) is 0 Å². The van der Waals surface area contributed by atoms with Gasteiger partial charge in [-0.2, -0.15) is 0 Å². The Labute approximate surface area is 96.4 Å². The van der Waals surface area contributed by atoms with Crippen LogP contribution in [0.1, 0.15) is 20.3 Å². The summed E-state index contributed by atoms with van der Waals surface area (Å²) in [4.78, 5) is 11.5. The zero-order chi connectivity index (χ0) is 11.8. The number of carbonyl (C=O) groups is 1. The number of hydrogen-bond acceptors (Lipinski definition) is 3. The number of carbonyl (C=O) groups excluding carboxylic acids is 1. The maximum absolute atomic E-state index is 11.5. The first kappa shape index (κ1) is 12.6. The highest BCUT2D eigenvalue weighted by Crippen LogP contribution is 2.12. The second kappa shape index (κ2) is 6.88. The van der Waals surface area contributed by atoms with Gasteiger partial charge in [0.1, 0.15) is 12.4 Å². The Morgan fingerprint density at radius 3 is 2.62 bits per heavy atom. The molecule has 1 unspecified atom stereocenters. The molecule has 3 nitrogen and oxygen atoms in total. The van der Waals surface area contributed by atoms with Crippen molar-refractivity contribution in [3.05, 3.63) is 30.3 Å². The molecule has 1 radical (unpaired) electrons. The molecule has 0 aliphatic carbocycles. The molecule has 1 aromatic rings. The van der Waals surface area contributed by atoms with Crippen LogP contribution >= 0.6 is 0 Å². The van der Waals surface area contributed by atoms with Gasteiger partial charge in [-0.15, -0.1) is 0 Å². The number of ether oxygens (including phenoxy) is 2. The lowest BCUT2D eigenvalue weighted by Crippen LogP contribution is -2.23. The van der Waals surface area contributed by atoms with Crippen molar-refractivity contribution >= 4 is 5.97 Å². The minimum atomic E-state index is -0.191. The Morgan fingerprint density at radius 2 is 2.06 bits per heavy atom. The SMILES string of the molecule is CCOC(=O)C(CC)COc1cc[c]cc1. The van der Waals surface area contributed by atoms with Crippen LogP contribution in [0.3, 0.4) is 0 Å². The van der Waals surface area contributed by atoms with Gasteiger partial charge in [-0.3, -0.25) is 4.79 Å². The fourth-order valence-electron chi connectivity index (χ4n) is 1.28. The highest BCUT2D eigenvalue weighted by molar-refractivity contribution is 5.72. The van der Waals surface area contributed by atoms with Gasteiger partial charge in [-0.1, -0.05) is 19.1 Å². The van der Waals surface area contributed by atoms with Gasteiger partial charge < -0.3 is 9.47 Å². The van der Waals surface area contributed by atoms with E-state index in [4.69, 9.17) is 9.47 Å². The summed E-state index contributed by atoms with van der Waals surface area (Å²) in [6.07, 6.45) is 0.720. The highest BCUT2D eigenvalue weighted by atomic mass is 16.5. The molecule has 0 amide bonds. The molecule has 3 heteroatoms. The quantitative estimate of drug-likeness (QED) is 0.692. The van der Waals surface area contributed by atoms with Crippen LogP contribution in [0.4, 0.5) is 0 Å². The van der Waals surface area contributed by atoms with E-state index < -0.39 is 0 Å². The van der Waals surface area contributed by atoms with E-state index in [1.807, 2.05) is 19.1 Å². The highest BCUT2D eigenvalue weighted by Gasteiger charge is 2.18. The topological polar surface area (TPSA) is 35.5 Å². The Bertz CT molecular complexity index is 308. The molecule has 16 heavy (non-hydrogen) atoms. The molecule has 0 heterocycles. The molecule has 0 N–H and O–H groups in total. The predicted octanol–water partition coefficient (Wildman–Crippen LogP) is 2.45. The molecule has 87 valence electrons. The maximum atomic E-state index is 11.5. The van der Waals surface area contributed by atoms with Gasteiger partial charge in [-0.05, 0) is 31.5 Å². The normalized spacial score (nSPS) is 11.9. The van der Waals surface area contributed by atoms with Crippen LogP contribution in [0.25, 0.3) is 0 Å². The molecule has 0 saturated carbocycles. The molecule has 1 rings (SSSR count). The summed E-state index contributed by atoms with van der Waals surface area (Å²) in [5.74, 6) is 0.373. The van der Waals surface area contributed by atoms with Gasteiger partial charge in [0, 0.05) is 0 Å². The minimum Gasteiger partial charge on any atom is -0.493 e. The van der Waals surface area contributed by atoms with Crippen LogP contribution in [-0.2, 0) is 9.53 Å².